The third-order valence-corrected chi connectivity index (χ3v) is 3.79. The Morgan fingerprint density at radius 3 is 2.56 bits per heavy atom. The van der Waals surface area contributed by atoms with Gasteiger partial charge in [-0.3, -0.25) is 4.79 Å². The second kappa shape index (κ2) is 8.98. The van der Waals surface area contributed by atoms with Crippen LogP contribution in [0.2, 0.25) is 0 Å². The Bertz CT molecular complexity index is 790. The van der Waals surface area contributed by atoms with Crippen LogP contribution < -0.4 is 15.8 Å². The SMILES string of the molecule is CCC(C)(C)NC(=O)CO/N=C(\N)c1ccc(Oc2ccc(F)cc2)nc1. The van der Waals surface area contributed by atoms with Crippen molar-refractivity contribution >= 4 is 11.7 Å². The number of carbonyl (C=O) groups is 1. The monoisotopic (exact) mass is 374 g/mol. The third kappa shape index (κ3) is 6.58. The molecule has 8 heteroatoms. The van der Waals surface area contributed by atoms with Crippen LogP contribution in [0.3, 0.4) is 0 Å². The maximum absolute atomic E-state index is 12.9. The fourth-order valence-corrected chi connectivity index (χ4v) is 1.93. The predicted octanol–water partition coefficient (Wildman–Crippen LogP) is 2.95. The van der Waals surface area contributed by atoms with Gasteiger partial charge >= 0.3 is 0 Å². The average molecular weight is 374 g/mol. The van der Waals surface area contributed by atoms with Gasteiger partial charge in [0.1, 0.15) is 11.6 Å². The van der Waals surface area contributed by atoms with Gasteiger partial charge in [-0.1, -0.05) is 12.1 Å². The van der Waals surface area contributed by atoms with E-state index in [-0.39, 0.29) is 29.7 Å². The fraction of sp³-hybridized carbons (Fsp3) is 0.316. The number of oxime groups is 1. The Labute approximate surface area is 157 Å². The van der Waals surface area contributed by atoms with Crippen molar-refractivity contribution < 1.29 is 18.8 Å². The highest BCUT2D eigenvalue weighted by molar-refractivity contribution is 5.96. The summed E-state index contributed by atoms with van der Waals surface area (Å²) in [5.74, 6) is 0.238. The van der Waals surface area contributed by atoms with E-state index in [0.717, 1.165) is 6.42 Å². The number of benzene rings is 1. The average Bonchev–Trinajstić information content (AvgIpc) is 2.64. The first-order chi connectivity index (χ1) is 12.8. The van der Waals surface area contributed by atoms with Crippen LogP contribution in [0.25, 0.3) is 0 Å². The van der Waals surface area contributed by atoms with Crippen LogP contribution >= 0.6 is 0 Å². The summed E-state index contributed by atoms with van der Waals surface area (Å²) >= 11 is 0. The van der Waals surface area contributed by atoms with E-state index in [1.807, 2.05) is 20.8 Å². The van der Waals surface area contributed by atoms with E-state index < -0.39 is 0 Å². The van der Waals surface area contributed by atoms with Crippen molar-refractivity contribution in [2.75, 3.05) is 6.61 Å². The molecule has 1 heterocycles. The molecule has 0 saturated heterocycles. The molecule has 0 saturated carbocycles. The van der Waals surface area contributed by atoms with Crippen LogP contribution in [0, 0.1) is 5.82 Å². The van der Waals surface area contributed by atoms with E-state index in [1.54, 1.807) is 12.1 Å². The first kappa shape index (κ1) is 20.2. The summed E-state index contributed by atoms with van der Waals surface area (Å²) < 4.78 is 18.4. The Morgan fingerprint density at radius 1 is 1.26 bits per heavy atom. The van der Waals surface area contributed by atoms with E-state index in [9.17, 15) is 9.18 Å². The van der Waals surface area contributed by atoms with Crippen LogP contribution in [-0.2, 0) is 9.63 Å². The highest BCUT2D eigenvalue weighted by Gasteiger charge is 2.17. The number of nitrogens with two attached hydrogens (primary N) is 1. The van der Waals surface area contributed by atoms with Gasteiger partial charge in [-0.2, -0.15) is 0 Å². The summed E-state index contributed by atoms with van der Waals surface area (Å²) in [4.78, 5) is 20.9. The van der Waals surface area contributed by atoms with Gasteiger partial charge in [-0.25, -0.2) is 9.37 Å². The molecule has 144 valence electrons. The highest BCUT2D eigenvalue weighted by Crippen LogP contribution is 2.19. The predicted molar refractivity (Wildman–Crippen MR) is 99.9 cm³/mol. The number of hydrogen-bond donors (Lipinski definition) is 2. The molecule has 1 aromatic carbocycles. The molecular formula is C19H23FN4O3. The topological polar surface area (TPSA) is 98.8 Å². The van der Waals surface area contributed by atoms with Gasteiger partial charge in [0.2, 0.25) is 5.88 Å². The lowest BCUT2D eigenvalue weighted by Crippen LogP contribution is -2.44. The van der Waals surface area contributed by atoms with E-state index in [0.29, 0.717) is 17.2 Å². The van der Waals surface area contributed by atoms with Crippen LogP contribution in [0.5, 0.6) is 11.6 Å². The number of rotatable bonds is 8. The number of halogens is 1. The Hall–Kier alpha value is -3.16. The van der Waals surface area contributed by atoms with Crippen LogP contribution in [0.1, 0.15) is 32.8 Å². The molecule has 0 fully saturated rings. The number of ether oxygens (including phenoxy) is 1. The van der Waals surface area contributed by atoms with E-state index in [2.05, 4.69) is 15.5 Å². The van der Waals surface area contributed by atoms with Gasteiger partial charge < -0.3 is 20.6 Å². The Balaban J connectivity index is 1.88. The fourth-order valence-electron chi connectivity index (χ4n) is 1.93. The number of nitrogens with zero attached hydrogens (tertiary/aromatic N) is 2. The van der Waals surface area contributed by atoms with Gasteiger partial charge in [0.05, 0.1) is 0 Å². The molecule has 1 amide bonds. The number of nitrogens with one attached hydrogen (secondary N) is 1. The second-order valence-corrected chi connectivity index (χ2v) is 6.48. The molecule has 0 unspecified atom stereocenters. The summed E-state index contributed by atoms with van der Waals surface area (Å²) in [6, 6.07) is 8.83. The largest absolute Gasteiger partial charge is 0.439 e. The van der Waals surface area contributed by atoms with E-state index in [4.69, 9.17) is 15.3 Å². The van der Waals surface area contributed by atoms with Crippen molar-refractivity contribution in [2.24, 2.45) is 10.9 Å². The van der Waals surface area contributed by atoms with Crippen molar-refractivity contribution in [3.8, 4) is 11.6 Å². The van der Waals surface area contributed by atoms with Crippen molar-refractivity contribution in [2.45, 2.75) is 32.7 Å². The molecule has 0 aliphatic carbocycles. The first-order valence-corrected chi connectivity index (χ1v) is 8.45. The van der Waals surface area contributed by atoms with Gasteiger partial charge in [-0.15, -0.1) is 0 Å². The summed E-state index contributed by atoms with van der Waals surface area (Å²) in [5.41, 5.74) is 6.03. The summed E-state index contributed by atoms with van der Waals surface area (Å²) in [6.45, 7) is 5.59. The van der Waals surface area contributed by atoms with Gasteiger partial charge in [0.25, 0.3) is 5.91 Å². The van der Waals surface area contributed by atoms with Crippen LogP contribution in [0.15, 0.2) is 47.8 Å². The number of aromatic nitrogens is 1. The first-order valence-electron chi connectivity index (χ1n) is 8.45. The standard InChI is InChI=1S/C19H23FN4O3/c1-4-19(2,3)23-16(25)12-26-24-18(21)13-5-10-17(22-11-13)27-15-8-6-14(20)7-9-15/h5-11H,4,12H2,1-3H3,(H2,21,24)(H,23,25). The zero-order valence-electron chi connectivity index (χ0n) is 15.5. The van der Waals surface area contributed by atoms with E-state index in [1.165, 1.54) is 30.5 Å². The minimum Gasteiger partial charge on any atom is -0.439 e. The molecule has 2 aromatic rings. The molecule has 0 spiro atoms. The molecule has 3 N–H and O–H groups in total. The Kier molecular flexibility index (Phi) is 6.70. The summed E-state index contributed by atoms with van der Waals surface area (Å²) in [5, 5.41) is 6.55. The van der Waals surface area contributed by atoms with Crippen molar-refractivity contribution in [1.29, 1.82) is 0 Å². The molecule has 0 bridgehead atoms. The van der Waals surface area contributed by atoms with E-state index >= 15 is 0 Å². The van der Waals surface area contributed by atoms with Crippen LogP contribution in [-0.4, -0.2) is 28.9 Å². The second-order valence-electron chi connectivity index (χ2n) is 6.48. The zero-order valence-corrected chi connectivity index (χ0v) is 15.5. The van der Waals surface area contributed by atoms with Crippen molar-refractivity contribution in [3.05, 3.63) is 54.0 Å². The molecule has 27 heavy (non-hydrogen) atoms. The molecule has 0 aliphatic rings. The molecule has 0 atom stereocenters. The van der Waals surface area contributed by atoms with Crippen molar-refractivity contribution in [1.82, 2.24) is 10.3 Å². The number of amidine groups is 1. The minimum absolute atomic E-state index is 0.0818. The van der Waals surface area contributed by atoms with Gasteiger partial charge in [0.15, 0.2) is 12.4 Å². The molecule has 1 aromatic heterocycles. The maximum Gasteiger partial charge on any atom is 0.261 e. The quantitative estimate of drug-likeness (QED) is 0.420. The highest BCUT2D eigenvalue weighted by atomic mass is 19.1. The summed E-state index contributed by atoms with van der Waals surface area (Å²) in [6.07, 6.45) is 2.25. The number of hydrogen-bond acceptors (Lipinski definition) is 5. The molecular weight excluding hydrogens is 351 g/mol. The van der Waals surface area contributed by atoms with Gasteiger partial charge in [0, 0.05) is 23.4 Å². The maximum atomic E-state index is 12.9. The third-order valence-electron chi connectivity index (χ3n) is 3.79. The molecule has 7 nitrogen and oxygen atoms in total. The number of amides is 1. The number of pyridine rings is 1. The normalized spacial score (nSPS) is 11.8. The van der Waals surface area contributed by atoms with Crippen molar-refractivity contribution in [3.63, 3.8) is 0 Å². The van der Waals surface area contributed by atoms with Gasteiger partial charge in [-0.05, 0) is 50.6 Å². The molecule has 2 rings (SSSR count). The number of carbonyl (C=O) groups excluding carboxylic acids is 1. The summed E-state index contributed by atoms with van der Waals surface area (Å²) in [7, 11) is 0. The minimum atomic E-state index is -0.346. The molecule has 0 radical (unpaired) electrons. The van der Waals surface area contributed by atoms with Crippen LogP contribution in [0.4, 0.5) is 4.39 Å². The smallest absolute Gasteiger partial charge is 0.261 e. The lowest BCUT2D eigenvalue weighted by molar-refractivity contribution is -0.127. The Morgan fingerprint density at radius 2 is 1.96 bits per heavy atom. The lowest BCUT2D eigenvalue weighted by atomic mass is 10.0. The zero-order chi connectivity index (χ0) is 19.9. The lowest BCUT2D eigenvalue weighted by Gasteiger charge is -2.23. The molecule has 0 aliphatic heterocycles.